The minimum atomic E-state index is 0.259. The Kier molecular flexibility index (Phi) is 4.13. The third-order valence-corrected chi connectivity index (χ3v) is 4.01. The smallest absolute Gasteiger partial charge is 0.142 e. The van der Waals surface area contributed by atoms with Crippen LogP contribution in [-0.2, 0) is 0 Å². The maximum Gasteiger partial charge on any atom is 0.142 e. The molecule has 20 heavy (non-hydrogen) atoms. The monoisotopic (exact) mass is 275 g/mol. The topological polar surface area (TPSA) is 77.1 Å². The van der Waals surface area contributed by atoms with E-state index >= 15 is 0 Å². The van der Waals surface area contributed by atoms with Crippen molar-refractivity contribution in [2.75, 3.05) is 31.6 Å². The first kappa shape index (κ1) is 13.3. The van der Waals surface area contributed by atoms with E-state index < -0.39 is 0 Å². The normalized spacial score (nSPS) is 20.4. The molecule has 1 aliphatic heterocycles. The van der Waals surface area contributed by atoms with Crippen molar-refractivity contribution in [3.05, 3.63) is 18.6 Å². The highest BCUT2D eigenvalue weighted by atomic mass is 16.3. The molecule has 1 atom stereocenters. The summed E-state index contributed by atoms with van der Waals surface area (Å²) >= 11 is 0. The van der Waals surface area contributed by atoms with Gasteiger partial charge in [0, 0.05) is 25.3 Å². The summed E-state index contributed by atoms with van der Waals surface area (Å²) in [6.45, 7) is 3.10. The number of hydrogen-bond acceptors (Lipinski definition) is 5. The van der Waals surface area contributed by atoms with Crippen molar-refractivity contribution < 1.29 is 5.11 Å². The van der Waals surface area contributed by atoms with Gasteiger partial charge in [0.15, 0.2) is 0 Å². The SMILES string of the molecule is OC[C@H]1CCCCN1CCNc1ncnc2[nH]ccc12. The molecule has 0 unspecified atom stereocenters. The molecule has 1 fully saturated rings. The summed E-state index contributed by atoms with van der Waals surface area (Å²) < 4.78 is 0. The molecule has 0 radical (unpaired) electrons. The second-order valence-electron chi connectivity index (χ2n) is 5.26. The van der Waals surface area contributed by atoms with Crippen molar-refractivity contribution in [3.8, 4) is 0 Å². The van der Waals surface area contributed by atoms with Crippen molar-refractivity contribution in [1.82, 2.24) is 19.9 Å². The van der Waals surface area contributed by atoms with Gasteiger partial charge < -0.3 is 15.4 Å². The van der Waals surface area contributed by atoms with E-state index in [4.69, 9.17) is 0 Å². The Bertz CT molecular complexity index is 555. The van der Waals surface area contributed by atoms with Gasteiger partial charge in [0.2, 0.25) is 0 Å². The Morgan fingerprint density at radius 3 is 3.25 bits per heavy atom. The van der Waals surface area contributed by atoms with Crippen LogP contribution >= 0.6 is 0 Å². The van der Waals surface area contributed by atoms with Crippen molar-refractivity contribution in [1.29, 1.82) is 0 Å². The van der Waals surface area contributed by atoms with Crippen LogP contribution in [0.3, 0.4) is 0 Å². The van der Waals surface area contributed by atoms with Gasteiger partial charge in [0.05, 0.1) is 12.0 Å². The van der Waals surface area contributed by atoms with Gasteiger partial charge in [-0.3, -0.25) is 4.90 Å². The van der Waals surface area contributed by atoms with E-state index in [2.05, 4.69) is 25.2 Å². The summed E-state index contributed by atoms with van der Waals surface area (Å²) in [5.74, 6) is 0.869. The molecular weight excluding hydrogens is 254 g/mol. The number of hydrogen-bond donors (Lipinski definition) is 3. The molecule has 0 bridgehead atoms. The van der Waals surface area contributed by atoms with Crippen molar-refractivity contribution in [3.63, 3.8) is 0 Å². The summed E-state index contributed by atoms with van der Waals surface area (Å²) in [5.41, 5.74) is 0.855. The number of nitrogens with one attached hydrogen (secondary N) is 2. The van der Waals surface area contributed by atoms with Crippen molar-refractivity contribution >= 4 is 16.9 Å². The average molecular weight is 275 g/mol. The number of aliphatic hydroxyl groups is 1. The predicted molar refractivity (Wildman–Crippen MR) is 78.7 cm³/mol. The molecule has 0 aromatic carbocycles. The van der Waals surface area contributed by atoms with Gasteiger partial charge in [0.1, 0.15) is 17.8 Å². The Labute approximate surface area is 118 Å². The van der Waals surface area contributed by atoms with Crippen LogP contribution < -0.4 is 5.32 Å². The third-order valence-electron chi connectivity index (χ3n) is 4.01. The number of likely N-dealkylation sites (tertiary alicyclic amines) is 1. The highest BCUT2D eigenvalue weighted by Crippen LogP contribution is 2.18. The lowest BCUT2D eigenvalue weighted by atomic mass is 10.0. The second kappa shape index (κ2) is 6.19. The zero-order chi connectivity index (χ0) is 13.8. The van der Waals surface area contributed by atoms with E-state index in [9.17, 15) is 5.11 Å². The quantitative estimate of drug-likeness (QED) is 0.765. The van der Waals surface area contributed by atoms with E-state index in [1.165, 1.54) is 12.8 Å². The molecule has 3 rings (SSSR count). The predicted octanol–water partition coefficient (Wildman–Crippen LogP) is 1.22. The van der Waals surface area contributed by atoms with Crippen LogP contribution in [0.4, 0.5) is 5.82 Å². The lowest BCUT2D eigenvalue weighted by Gasteiger charge is -2.34. The van der Waals surface area contributed by atoms with Crippen LogP contribution in [0.1, 0.15) is 19.3 Å². The van der Waals surface area contributed by atoms with Crippen molar-refractivity contribution in [2.45, 2.75) is 25.3 Å². The van der Waals surface area contributed by atoms with E-state index in [-0.39, 0.29) is 6.61 Å². The first-order chi connectivity index (χ1) is 9.88. The average Bonchev–Trinajstić information content (AvgIpc) is 2.97. The molecule has 6 nitrogen and oxygen atoms in total. The molecule has 6 heteroatoms. The summed E-state index contributed by atoms with van der Waals surface area (Å²) in [6.07, 6.45) is 7.00. The number of rotatable bonds is 5. The van der Waals surface area contributed by atoms with Crippen molar-refractivity contribution in [2.24, 2.45) is 0 Å². The number of aromatic amines is 1. The molecule has 3 heterocycles. The Hall–Kier alpha value is -1.66. The molecule has 1 aliphatic rings. The minimum absolute atomic E-state index is 0.259. The van der Waals surface area contributed by atoms with Gasteiger partial charge in [-0.05, 0) is 25.5 Å². The molecule has 108 valence electrons. The number of H-pyrrole nitrogens is 1. The Morgan fingerprint density at radius 2 is 2.35 bits per heavy atom. The van der Waals surface area contributed by atoms with Crippen LogP contribution in [0, 0.1) is 0 Å². The number of fused-ring (bicyclic) bond motifs is 1. The minimum Gasteiger partial charge on any atom is -0.395 e. The first-order valence-electron chi connectivity index (χ1n) is 7.25. The van der Waals surface area contributed by atoms with E-state index in [1.54, 1.807) is 6.33 Å². The van der Waals surface area contributed by atoms with E-state index in [0.717, 1.165) is 42.9 Å². The molecule has 1 saturated heterocycles. The largest absolute Gasteiger partial charge is 0.395 e. The van der Waals surface area contributed by atoms with Gasteiger partial charge in [-0.2, -0.15) is 0 Å². The fraction of sp³-hybridized carbons (Fsp3) is 0.571. The fourth-order valence-corrected chi connectivity index (χ4v) is 2.89. The number of anilines is 1. The summed E-state index contributed by atoms with van der Waals surface area (Å²) in [4.78, 5) is 13.9. The fourth-order valence-electron chi connectivity index (χ4n) is 2.89. The van der Waals surface area contributed by atoms with Crippen LogP contribution in [0.15, 0.2) is 18.6 Å². The summed E-state index contributed by atoms with van der Waals surface area (Å²) in [7, 11) is 0. The summed E-state index contributed by atoms with van der Waals surface area (Å²) in [5, 5.41) is 13.8. The molecule has 0 aliphatic carbocycles. The standard InChI is InChI=1S/C14H21N5O/c20-9-11-3-1-2-7-19(11)8-6-16-14-12-4-5-15-13(12)17-10-18-14/h4-5,10-11,20H,1-3,6-9H2,(H2,15,16,17,18)/t11-/m1/s1. The molecule has 3 N–H and O–H groups in total. The van der Waals surface area contributed by atoms with Crippen LogP contribution in [0.2, 0.25) is 0 Å². The zero-order valence-electron chi connectivity index (χ0n) is 11.5. The summed E-state index contributed by atoms with van der Waals surface area (Å²) in [6, 6.07) is 2.30. The number of aliphatic hydroxyl groups excluding tert-OH is 1. The highest BCUT2D eigenvalue weighted by Gasteiger charge is 2.20. The molecule has 0 spiro atoms. The van der Waals surface area contributed by atoms with Gasteiger partial charge >= 0.3 is 0 Å². The lowest BCUT2D eigenvalue weighted by molar-refractivity contribution is 0.0940. The van der Waals surface area contributed by atoms with E-state index in [1.807, 2.05) is 12.3 Å². The van der Waals surface area contributed by atoms with Gasteiger partial charge in [0.25, 0.3) is 0 Å². The molecular formula is C14H21N5O. The number of piperidine rings is 1. The Balaban J connectivity index is 1.58. The molecule has 2 aromatic rings. The molecule has 0 saturated carbocycles. The molecule has 0 amide bonds. The number of aromatic nitrogens is 3. The van der Waals surface area contributed by atoms with Crippen LogP contribution in [0.25, 0.3) is 11.0 Å². The third kappa shape index (κ3) is 2.76. The van der Waals surface area contributed by atoms with Gasteiger partial charge in [-0.1, -0.05) is 6.42 Å². The Morgan fingerprint density at radius 1 is 1.40 bits per heavy atom. The zero-order valence-corrected chi connectivity index (χ0v) is 11.5. The van der Waals surface area contributed by atoms with Gasteiger partial charge in [-0.25, -0.2) is 9.97 Å². The maximum atomic E-state index is 9.40. The maximum absolute atomic E-state index is 9.40. The lowest BCUT2D eigenvalue weighted by Crippen LogP contribution is -2.44. The first-order valence-corrected chi connectivity index (χ1v) is 7.25. The van der Waals surface area contributed by atoms with Gasteiger partial charge in [-0.15, -0.1) is 0 Å². The van der Waals surface area contributed by atoms with Crippen LogP contribution in [0.5, 0.6) is 0 Å². The second-order valence-corrected chi connectivity index (χ2v) is 5.26. The highest BCUT2D eigenvalue weighted by molar-refractivity contribution is 5.86. The van der Waals surface area contributed by atoms with Crippen LogP contribution in [-0.4, -0.2) is 57.2 Å². The molecule has 2 aromatic heterocycles. The number of nitrogens with zero attached hydrogens (tertiary/aromatic N) is 3. The van der Waals surface area contributed by atoms with E-state index in [0.29, 0.717) is 6.04 Å².